The first-order chi connectivity index (χ1) is 31.0. The van der Waals surface area contributed by atoms with Gasteiger partial charge in [0.05, 0.1) is 49.2 Å². The van der Waals surface area contributed by atoms with Crippen LogP contribution in [0.25, 0.3) is 44.5 Å². The van der Waals surface area contributed by atoms with E-state index in [0.717, 1.165) is 78.0 Å². The maximum absolute atomic E-state index is 14.1. The van der Waals surface area contributed by atoms with Gasteiger partial charge in [0.1, 0.15) is 23.7 Å². The summed E-state index contributed by atoms with van der Waals surface area (Å²) in [6.07, 6.45) is 9.27. The molecular formula is C50H58N8O6. The SMILES string of the molecule is CCC(NC(=O)OC)C(=O)N1CCCC1c1nc2ccc(-c3ccc(-c4ccc(-c5cnc(C6C7CCC(C7)N6C(=O)C(NC(=O)OC)C(C)C)[nH]5)cc4)c4c3C3CCC3C4)cc2[nH]1. The lowest BCUT2D eigenvalue weighted by molar-refractivity contribution is -0.139. The predicted octanol–water partition coefficient (Wildman–Crippen LogP) is 8.57. The smallest absolute Gasteiger partial charge is 0.407 e. The van der Waals surface area contributed by atoms with Crippen LogP contribution in [0.1, 0.15) is 113 Å². The summed E-state index contributed by atoms with van der Waals surface area (Å²) in [4.78, 5) is 72.7. The molecule has 2 saturated heterocycles. The number of alkyl carbamates (subject to hydrolysis) is 2. The molecule has 0 spiro atoms. The third-order valence-electron chi connectivity index (χ3n) is 15.1. The second kappa shape index (κ2) is 16.7. The number of aromatic amines is 2. The zero-order chi connectivity index (χ0) is 44.4. The van der Waals surface area contributed by atoms with Gasteiger partial charge in [-0.1, -0.05) is 63.2 Å². The van der Waals surface area contributed by atoms with Gasteiger partial charge in [-0.2, -0.15) is 0 Å². The molecule has 8 atom stereocenters. The monoisotopic (exact) mass is 866 g/mol. The number of carbonyl (C=O) groups excluding carboxylic acids is 4. The second-order valence-corrected chi connectivity index (χ2v) is 18.9. The number of piperidine rings is 1. The zero-order valence-corrected chi connectivity index (χ0v) is 37.3. The largest absolute Gasteiger partial charge is 0.453 e. The standard InChI is InChI=1S/C50H58N8O6/c1-6-37(55-49(61)63-4)47(59)57-21-7-8-41(57)45-52-38-20-15-30(24-39(38)53-45)35-19-18-33(36-23-29-14-17-34(29)42(35)36)27-9-11-28(12-10-27)40-25-51-46(54-40)44-31-13-16-32(22-31)58(44)48(60)43(26(2)3)56-50(62)64-5/h9-12,15,18-20,24-26,29,31-32,34,37,41,43-44H,6-8,13-14,16-17,21-23H2,1-5H3,(H,51,54)(H,52,53)(H,55,61)(H,56,62). The lowest BCUT2D eigenvalue weighted by Crippen LogP contribution is -2.54. The van der Waals surface area contributed by atoms with Crippen LogP contribution in [0.4, 0.5) is 9.59 Å². The number of H-pyrrole nitrogens is 2. The maximum atomic E-state index is 14.1. The van der Waals surface area contributed by atoms with E-state index in [-0.39, 0.29) is 35.9 Å². The highest BCUT2D eigenvalue weighted by Crippen LogP contribution is 2.56. The summed E-state index contributed by atoms with van der Waals surface area (Å²) in [6, 6.07) is 18.3. The number of fused-ring (bicyclic) bond motifs is 6. The molecule has 3 aromatic carbocycles. The highest BCUT2D eigenvalue weighted by Gasteiger charge is 2.51. The Hall–Kier alpha value is -6.18. The summed E-state index contributed by atoms with van der Waals surface area (Å²) in [5.41, 5.74) is 11.6. The van der Waals surface area contributed by atoms with Gasteiger partial charge in [0, 0.05) is 12.6 Å². The number of benzene rings is 3. The van der Waals surface area contributed by atoms with Crippen molar-refractivity contribution in [2.45, 2.75) is 115 Å². The minimum Gasteiger partial charge on any atom is -0.453 e. The van der Waals surface area contributed by atoms with E-state index < -0.39 is 24.3 Å². The molecule has 8 unspecified atom stereocenters. The van der Waals surface area contributed by atoms with Crippen LogP contribution < -0.4 is 10.6 Å². The number of hydrogen-bond acceptors (Lipinski definition) is 8. The Morgan fingerprint density at radius 3 is 2.28 bits per heavy atom. The number of hydrogen-bond donors (Lipinski definition) is 4. The molecule has 4 heterocycles. The van der Waals surface area contributed by atoms with Crippen molar-refractivity contribution in [3.8, 4) is 33.5 Å². The summed E-state index contributed by atoms with van der Waals surface area (Å²) >= 11 is 0. The third kappa shape index (κ3) is 7.18. The lowest BCUT2D eigenvalue weighted by Gasteiger charge is -2.37. The van der Waals surface area contributed by atoms with E-state index in [1.807, 2.05) is 36.8 Å². The fourth-order valence-corrected chi connectivity index (χ4v) is 11.7. The summed E-state index contributed by atoms with van der Waals surface area (Å²) in [5, 5.41) is 5.47. The first-order valence-electron chi connectivity index (χ1n) is 23.2. The number of carbonyl (C=O) groups is 4. The van der Waals surface area contributed by atoms with Gasteiger partial charge in [-0.25, -0.2) is 19.6 Å². The maximum Gasteiger partial charge on any atom is 0.407 e. The van der Waals surface area contributed by atoms with Gasteiger partial charge in [0.2, 0.25) is 11.8 Å². The van der Waals surface area contributed by atoms with E-state index >= 15 is 0 Å². The summed E-state index contributed by atoms with van der Waals surface area (Å²) in [5.74, 6) is 2.79. The van der Waals surface area contributed by atoms with Crippen molar-refractivity contribution < 1.29 is 28.7 Å². The molecule has 5 aromatic rings. The number of aromatic nitrogens is 4. The molecule has 2 aromatic heterocycles. The first-order valence-corrected chi connectivity index (χ1v) is 23.2. The number of amides is 4. The Labute approximate surface area is 373 Å². The summed E-state index contributed by atoms with van der Waals surface area (Å²) in [7, 11) is 2.62. The van der Waals surface area contributed by atoms with Crippen molar-refractivity contribution in [3.05, 3.63) is 83.6 Å². The van der Waals surface area contributed by atoms with Crippen LogP contribution in [0.3, 0.4) is 0 Å². The van der Waals surface area contributed by atoms with Crippen LogP contribution in [-0.2, 0) is 25.5 Å². The Morgan fingerprint density at radius 1 is 0.812 bits per heavy atom. The topological polar surface area (TPSA) is 175 Å². The van der Waals surface area contributed by atoms with Crippen LogP contribution in [0, 0.1) is 17.8 Å². The van der Waals surface area contributed by atoms with Gasteiger partial charge in [-0.05, 0) is 133 Å². The van der Waals surface area contributed by atoms with E-state index in [9.17, 15) is 19.2 Å². The van der Waals surface area contributed by atoms with Crippen LogP contribution >= 0.6 is 0 Å². The highest BCUT2D eigenvalue weighted by atomic mass is 16.5. The van der Waals surface area contributed by atoms with Crippen molar-refractivity contribution >= 4 is 35.0 Å². The van der Waals surface area contributed by atoms with Crippen LogP contribution in [-0.4, -0.2) is 92.6 Å². The van der Waals surface area contributed by atoms with Gasteiger partial charge in [0.15, 0.2) is 0 Å². The predicted molar refractivity (Wildman–Crippen MR) is 242 cm³/mol. The number of imidazole rings is 2. The third-order valence-corrected chi connectivity index (χ3v) is 15.1. The van der Waals surface area contributed by atoms with Crippen molar-refractivity contribution in [2.24, 2.45) is 17.8 Å². The molecule has 3 aliphatic carbocycles. The Kier molecular flexibility index (Phi) is 10.9. The number of methoxy groups -OCH3 is 2. The number of rotatable bonds is 11. The van der Waals surface area contributed by atoms with Gasteiger partial charge in [-0.15, -0.1) is 0 Å². The minimum absolute atomic E-state index is 0.0815. The molecule has 14 nitrogen and oxygen atoms in total. The van der Waals surface area contributed by atoms with Crippen LogP contribution in [0.2, 0.25) is 0 Å². The second-order valence-electron chi connectivity index (χ2n) is 18.9. The van der Waals surface area contributed by atoms with Gasteiger partial charge in [-0.3, -0.25) is 9.59 Å². The molecule has 10 rings (SSSR count). The fourth-order valence-electron chi connectivity index (χ4n) is 11.7. The highest BCUT2D eigenvalue weighted by molar-refractivity contribution is 5.89. The summed E-state index contributed by atoms with van der Waals surface area (Å²) in [6.45, 7) is 6.38. The molecular weight excluding hydrogens is 809 g/mol. The number of nitrogens with one attached hydrogen (secondary N) is 4. The van der Waals surface area contributed by atoms with E-state index in [4.69, 9.17) is 19.4 Å². The van der Waals surface area contributed by atoms with Gasteiger partial charge >= 0.3 is 12.2 Å². The molecule has 2 saturated carbocycles. The molecule has 4 N–H and O–H groups in total. The van der Waals surface area contributed by atoms with Gasteiger partial charge in [0.25, 0.3) is 0 Å². The molecule has 334 valence electrons. The van der Waals surface area contributed by atoms with E-state index in [2.05, 4.69) is 75.2 Å². The molecule has 2 bridgehead atoms. The zero-order valence-electron chi connectivity index (χ0n) is 37.3. The minimum atomic E-state index is -0.678. The molecule has 4 amide bonds. The molecule has 2 aliphatic heterocycles. The molecule has 14 heteroatoms. The number of likely N-dealkylation sites (tertiary alicyclic amines) is 2. The van der Waals surface area contributed by atoms with Gasteiger partial charge < -0.3 is 39.9 Å². The molecule has 0 radical (unpaired) electrons. The van der Waals surface area contributed by atoms with E-state index in [1.165, 1.54) is 54.9 Å². The van der Waals surface area contributed by atoms with Crippen LogP contribution in [0.15, 0.2) is 60.8 Å². The average molecular weight is 867 g/mol. The Balaban J connectivity index is 0.893. The van der Waals surface area contributed by atoms with Crippen molar-refractivity contribution in [1.82, 2.24) is 40.4 Å². The molecule has 5 aliphatic rings. The Bertz CT molecular complexity index is 2620. The first kappa shape index (κ1) is 41.8. The fraction of sp³-hybridized carbons (Fsp3) is 0.480. The quantitative estimate of drug-likeness (QED) is 0.102. The van der Waals surface area contributed by atoms with Crippen molar-refractivity contribution in [2.75, 3.05) is 20.8 Å². The normalized spacial score (nSPS) is 24.0. The van der Waals surface area contributed by atoms with Crippen molar-refractivity contribution in [3.63, 3.8) is 0 Å². The Morgan fingerprint density at radius 2 is 1.55 bits per heavy atom. The van der Waals surface area contributed by atoms with Crippen molar-refractivity contribution in [1.29, 1.82) is 0 Å². The average Bonchev–Trinajstić information content (AvgIpc) is 4.17. The van der Waals surface area contributed by atoms with Crippen LogP contribution in [0.5, 0.6) is 0 Å². The van der Waals surface area contributed by atoms with E-state index in [0.29, 0.717) is 30.7 Å². The lowest BCUT2D eigenvalue weighted by atomic mass is 9.73. The molecule has 64 heavy (non-hydrogen) atoms. The number of nitrogens with zero attached hydrogens (tertiary/aromatic N) is 4. The van der Waals surface area contributed by atoms with E-state index in [1.54, 1.807) is 0 Å². The molecule has 4 fully saturated rings. The number of ether oxygens (including phenoxy) is 2. The summed E-state index contributed by atoms with van der Waals surface area (Å²) < 4.78 is 9.63.